The summed E-state index contributed by atoms with van der Waals surface area (Å²) in [5, 5.41) is 2.89. The maximum atomic E-state index is 12.3. The first-order chi connectivity index (χ1) is 10.4. The highest BCUT2D eigenvalue weighted by atomic mass is 32.2. The Morgan fingerprint density at radius 1 is 1.30 bits per heavy atom. The molecule has 0 fully saturated rings. The Balaban J connectivity index is 2.83. The number of rotatable bonds is 6. The average molecular weight is 359 g/mol. The number of benzene rings is 1. The van der Waals surface area contributed by atoms with Crippen molar-refractivity contribution in [3.8, 4) is 0 Å². The maximum Gasteiger partial charge on any atom is 0.251 e. The Morgan fingerprint density at radius 2 is 1.91 bits per heavy atom. The summed E-state index contributed by atoms with van der Waals surface area (Å²) < 4.78 is 24.7. The summed E-state index contributed by atoms with van der Waals surface area (Å²) in [5.41, 5.74) is 1.67. The van der Waals surface area contributed by atoms with Crippen molar-refractivity contribution in [3.63, 3.8) is 0 Å². The van der Waals surface area contributed by atoms with Crippen LogP contribution in [0.1, 0.15) is 36.7 Å². The first-order valence-corrected chi connectivity index (χ1v) is 10.2. The van der Waals surface area contributed by atoms with Crippen LogP contribution in [0.3, 0.4) is 0 Å². The normalized spacial score (nSPS) is 12.1. The molecule has 1 rings (SSSR count). The minimum atomic E-state index is -3.36. The topological polar surface area (TPSA) is 66.5 Å². The van der Waals surface area contributed by atoms with Crippen LogP contribution < -0.4 is 9.62 Å². The molecule has 1 aromatic rings. The highest BCUT2D eigenvalue weighted by molar-refractivity contribution is 8.00. The predicted octanol–water partition coefficient (Wildman–Crippen LogP) is 2.65. The molecule has 0 aliphatic heterocycles. The lowest BCUT2D eigenvalue weighted by atomic mass is 10.1. The molecule has 7 heteroatoms. The van der Waals surface area contributed by atoms with Gasteiger partial charge < -0.3 is 5.32 Å². The van der Waals surface area contributed by atoms with Crippen LogP contribution in [-0.2, 0) is 10.0 Å². The standard InChI is InChI=1S/C16H26N2O3S2/c1-12-13(15(19)17-10-11-22-16(2,3)4)8-7-9-14(12)18(5)23(6,20)21/h7-9H,10-11H2,1-6H3,(H,17,19). The Hall–Kier alpha value is -1.21. The van der Waals surface area contributed by atoms with Gasteiger partial charge in [0.25, 0.3) is 5.91 Å². The van der Waals surface area contributed by atoms with E-state index in [2.05, 4.69) is 26.1 Å². The van der Waals surface area contributed by atoms with Gasteiger partial charge in [0.1, 0.15) is 0 Å². The zero-order chi connectivity index (χ0) is 17.8. The van der Waals surface area contributed by atoms with Gasteiger partial charge in [0, 0.05) is 29.7 Å². The Kier molecular flexibility index (Phi) is 6.53. The predicted molar refractivity (Wildman–Crippen MR) is 99.0 cm³/mol. The molecule has 0 saturated heterocycles. The number of carbonyl (C=O) groups is 1. The van der Waals surface area contributed by atoms with Crippen LogP contribution in [0, 0.1) is 6.92 Å². The molecule has 0 atom stereocenters. The highest BCUT2D eigenvalue weighted by Gasteiger charge is 2.18. The molecule has 0 aliphatic carbocycles. The Bertz CT molecular complexity index is 664. The van der Waals surface area contributed by atoms with E-state index >= 15 is 0 Å². The van der Waals surface area contributed by atoms with Crippen LogP contribution >= 0.6 is 11.8 Å². The molecule has 130 valence electrons. The second-order valence-electron chi connectivity index (χ2n) is 6.40. The van der Waals surface area contributed by atoms with Crippen LogP contribution in [-0.4, -0.2) is 44.7 Å². The molecular weight excluding hydrogens is 332 g/mol. The monoisotopic (exact) mass is 358 g/mol. The van der Waals surface area contributed by atoms with Gasteiger partial charge in [-0.05, 0) is 24.6 Å². The molecule has 0 saturated carbocycles. The molecule has 0 unspecified atom stereocenters. The Labute approximate surface area is 143 Å². The fourth-order valence-corrected chi connectivity index (χ4v) is 3.38. The van der Waals surface area contributed by atoms with E-state index in [9.17, 15) is 13.2 Å². The number of nitrogens with zero attached hydrogens (tertiary/aromatic N) is 1. The molecule has 23 heavy (non-hydrogen) atoms. The molecule has 1 amide bonds. The van der Waals surface area contributed by atoms with Crippen molar-refractivity contribution in [2.24, 2.45) is 0 Å². The summed E-state index contributed by atoms with van der Waals surface area (Å²) in [5.74, 6) is 0.651. The minimum Gasteiger partial charge on any atom is -0.351 e. The lowest BCUT2D eigenvalue weighted by Crippen LogP contribution is -2.29. The second kappa shape index (κ2) is 7.57. The van der Waals surface area contributed by atoms with Crippen LogP contribution in [0.4, 0.5) is 5.69 Å². The van der Waals surface area contributed by atoms with Crippen molar-refractivity contribution >= 4 is 33.4 Å². The molecule has 5 nitrogen and oxygen atoms in total. The number of sulfonamides is 1. The van der Waals surface area contributed by atoms with Crippen molar-refractivity contribution in [3.05, 3.63) is 29.3 Å². The summed E-state index contributed by atoms with van der Waals surface area (Å²) >= 11 is 1.78. The van der Waals surface area contributed by atoms with Gasteiger partial charge in [-0.15, -0.1) is 0 Å². The Morgan fingerprint density at radius 3 is 2.43 bits per heavy atom. The number of thioether (sulfide) groups is 1. The number of nitrogens with one attached hydrogen (secondary N) is 1. The number of hydrogen-bond acceptors (Lipinski definition) is 4. The van der Waals surface area contributed by atoms with Crippen LogP contribution in [0.5, 0.6) is 0 Å². The third kappa shape index (κ3) is 6.06. The van der Waals surface area contributed by atoms with E-state index in [0.717, 1.165) is 12.0 Å². The lowest BCUT2D eigenvalue weighted by Gasteiger charge is -2.21. The first kappa shape index (κ1) is 19.8. The zero-order valence-electron chi connectivity index (χ0n) is 14.6. The smallest absolute Gasteiger partial charge is 0.251 e. The first-order valence-electron chi connectivity index (χ1n) is 7.39. The fraction of sp³-hybridized carbons (Fsp3) is 0.562. The largest absolute Gasteiger partial charge is 0.351 e. The van der Waals surface area contributed by atoms with Gasteiger partial charge in [-0.25, -0.2) is 8.42 Å². The fourth-order valence-electron chi connectivity index (χ4n) is 2.01. The van der Waals surface area contributed by atoms with Gasteiger partial charge in [-0.3, -0.25) is 9.10 Å². The molecule has 0 aliphatic rings. The molecule has 0 heterocycles. The van der Waals surface area contributed by atoms with Crippen LogP contribution in [0.15, 0.2) is 18.2 Å². The molecular formula is C16H26N2O3S2. The average Bonchev–Trinajstić information content (AvgIpc) is 2.41. The number of hydrogen-bond donors (Lipinski definition) is 1. The molecule has 0 bridgehead atoms. The quantitative estimate of drug-likeness (QED) is 0.794. The second-order valence-corrected chi connectivity index (χ2v) is 10.3. The lowest BCUT2D eigenvalue weighted by molar-refractivity contribution is 0.0955. The van der Waals surface area contributed by atoms with Crippen molar-refractivity contribution in [1.82, 2.24) is 5.32 Å². The van der Waals surface area contributed by atoms with Gasteiger partial charge in [-0.2, -0.15) is 11.8 Å². The number of anilines is 1. The van der Waals surface area contributed by atoms with Crippen LogP contribution in [0.2, 0.25) is 0 Å². The zero-order valence-corrected chi connectivity index (χ0v) is 16.3. The minimum absolute atomic E-state index is 0.165. The van der Waals surface area contributed by atoms with Gasteiger partial charge >= 0.3 is 0 Å². The van der Waals surface area contributed by atoms with Gasteiger partial charge in [0.2, 0.25) is 10.0 Å². The third-order valence-corrected chi connectivity index (χ3v) is 5.78. The molecule has 0 spiro atoms. The molecule has 0 radical (unpaired) electrons. The highest BCUT2D eigenvalue weighted by Crippen LogP contribution is 2.24. The van der Waals surface area contributed by atoms with Gasteiger partial charge in [-0.1, -0.05) is 26.8 Å². The molecule has 1 aromatic carbocycles. The maximum absolute atomic E-state index is 12.3. The summed E-state index contributed by atoms with van der Waals surface area (Å²) in [6, 6.07) is 5.10. The van der Waals surface area contributed by atoms with E-state index in [1.165, 1.54) is 11.4 Å². The molecule has 1 N–H and O–H groups in total. The number of carbonyl (C=O) groups excluding carboxylic acids is 1. The SMILES string of the molecule is Cc1c(C(=O)NCCSC(C)(C)C)cccc1N(C)S(C)(=O)=O. The summed E-state index contributed by atoms with van der Waals surface area (Å²) in [6.07, 6.45) is 1.14. The van der Waals surface area contributed by atoms with E-state index in [0.29, 0.717) is 23.4 Å². The van der Waals surface area contributed by atoms with E-state index in [1.807, 2.05) is 0 Å². The van der Waals surface area contributed by atoms with Crippen molar-refractivity contribution < 1.29 is 13.2 Å². The van der Waals surface area contributed by atoms with E-state index in [-0.39, 0.29) is 10.7 Å². The summed E-state index contributed by atoms with van der Waals surface area (Å²) in [4.78, 5) is 12.3. The van der Waals surface area contributed by atoms with Gasteiger partial charge in [0.05, 0.1) is 11.9 Å². The van der Waals surface area contributed by atoms with Crippen molar-refractivity contribution in [1.29, 1.82) is 0 Å². The molecule has 0 aromatic heterocycles. The van der Waals surface area contributed by atoms with Crippen LogP contribution in [0.25, 0.3) is 0 Å². The van der Waals surface area contributed by atoms with E-state index in [1.54, 1.807) is 36.9 Å². The van der Waals surface area contributed by atoms with E-state index < -0.39 is 10.0 Å². The van der Waals surface area contributed by atoms with Gasteiger partial charge in [0.15, 0.2) is 0 Å². The third-order valence-electron chi connectivity index (χ3n) is 3.31. The van der Waals surface area contributed by atoms with Crippen molar-refractivity contribution in [2.45, 2.75) is 32.4 Å². The van der Waals surface area contributed by atoms with Crippen molar-refractivity contribution in [2.75, 3.05) is 29.9 Å². The summed E-state index contributed by atoms with van der Waals surface area (Å²) in [7, 11) is -1.87. The number of amides is 1. The summed E-state index contributed by atoms with van der Waals surface area (Å²) in [6.45, 7) is 8.73. The van der Waals surface area contributed by atoms with E-state index in [4.69, 9.17) is 0 Å².